The number of aryl methyl sites for hydroxylation is 2. The minimum Gasteiger partial charge on any atom is -0.489 e. The van der Waals surface area contributed by atoms with Crippen molar-refractivity contribution in [2.75, 3.05) is 13.1 Å². The Bertz CT molecular complexity index is 762. The van der Waals surface area contributed by atoms with E-state index in [4.69, 9.17) is 9.26 Å². The zero-order valence-electron chi connectivity index (χ0n) is 16.5. The van der Waals surface area contributed by atoms with Crippen LogP contribution in [-0.2, 0) is 11.4 Å². The first-order valence-corrected chi connectivity index (χ1v) is 9.05. The standard InChI is InChI=1S/C20H27N3O4/c1-6-23(11-19(24)21-13(2)3)20(25)16-7-9-17(10-8-16)26-12-18-14(4)22-27-15(18)5/h7-10,13H,6,11-12H2,1-5H3,(H,21,24). The van der Waals surface area contributed by atoms with Crippen LogP contribution in [0.5, 0.6) is 5.75 Å². The number of amides is 2. The van der Waals surface area contributed by atoms with Crippen LogP contribution in [0.4, 0.5) is 0 Å². The number of hydrogen-bond donors (Lipinski definition) is 1. The second-order valence-corrected chi connectivity index (χ2v) is 6.66. The number of hydrogen-bond acceptors (Lipinski definition) is 5. The molecule has 2 aromatic rings. The van der Waals surface area contributed by atoms with Crippen molar-refractivity contribution in [1.29, 1.82) is 0 Å². The minimum atomic E-state index is -0.186. The monoisotopic (exact) mass is 373 g/mol. The molecule has 0 radical (unpaired) electrons. The molecule has 0 fully saturated rings. The van der Waals surface area contributed by atoms with Gasteiger partial charge in [-0.1, -0.05) is 5.16 Å². The number of likely N-dealkylation sites (N-methyl/N-ethyl adjacent to an activating group) is 1. The summed E-state index contributed by atoms with van der Waals surface area (Å²) in [6.07, 6.45) is 0. The van der Waals surface area contributed by atoms with Crippen LogP contribution < -0.4 is 10.1 Å². The molecule has 1 aromatic heterocycles. The van der Waals surface area contributed by atoms with Gasteiger partial charge in [-0.3, -0.25) is 9.59 Å². The van der Waals surface area contributed by atoms with Gasteiger partial charge < -0.3 is 19.5 Å². The molecule has 146 valence electrons. The first kappa shape index (κ1) is 20.5. The van der Waals surface area contributed by atoms with Crippen LogP contribution in [0.25, 0.3) is 0 Å². The molecule has 7 nitrogen and oxygen atoms in total. The van der Waals surface area contributed by atoms with Gasteiger partial charge in [-0.15, -0.1) is 0 Å². The molecule has 0 aliphatic rings. The molecule has 2 amide bonds. The Kier molecular flexibility index (Phi) is 6.98. The maximum absolute atomic E-state index is 12.6. The summed E-state index contributed by atoms with van der Waals surface area (Å²) in [6, 6.07) is 6.93. The van der Waals surface area contributed by atoms with Crippen molar-refractivity contribution in [3.8, 4) is 5.75 Å². The van der Waals surface area contributed by atoms with Gasteiger partial charge in [0.15, 0.2) is 0 Å². The average Bonchev–Trinajstić information content (AvgIpc) is 2.95. The predicted octanol–water partition coefficient (Wildman–Crippen LogP) is 2.86. The van der Waals surface area contributed by atoms with Crippen molar-refractivity contribution in [2.45, 2.75) is 47.3 Å². The fraction of sp³-hybridized carbons (Fsp3) is 0.450. The Balaban J connectivity index is 1.98. The quantitative estimate of drug-likeness (QED) is 0.769. The Morgan fingerprint density at radius 3 is 2.41 bits per heavy atom. The van der Waals surface area contributed by atoms with Crippen LogP contribution in [0.15, 0.2) is 28.8 Å². The van der Waals surface area contributed by atoms with Crippen LogP contribution in [0.1, 0.15) is 48.1 Å². The van der Waals surface area contributed by atoms with Crippen molar-refractivity contribution >= 4 is 11.8 Å². The topological polar surface area (TPSA) is 84.7 Å². The lowest BCUT2D eigenvalue weighted by Gasteiger charge is -2.21. The van der Waals surface area contributed by atoms with Crippen molar-refractivity contribution in [1.82, 2.24) is 15.4 Å². The SMILES string of the molecule is CCN(CC(=O)NC(C)C)C(=O)c1ccc(OCc2c(C)noc2C)cc1. The van der Waals surface area contributed by atoms with E-state index < -0.39 is 0 Å². The number of ether oxygens (including phenoxy) is 1. The molecule has 27 heavy (non-hydrogen) atoms. The van der Waals surface area contributed by atoms with Crippen LogP contribution in [0, 0.1) is 13.8 Å². The maximum Gasteiger partial charge on any atom is 0.254 e. The van der Waals surface area contributed by atoms with Gasteiger partial charge in [-0.05, 0) is 58.9 Å². The van der Waals surface area contributed by atoms with E-state index in [0.717, 1.165) is 17.0 Å². The molecule has 1 heterocycles. The highest BCUT2D eigenvalue weighted by Crippen LogP contribution is 2.18. The molecule has 1 N–H and O–H groups in total. The van der Waals surface area contributed by atoms with Crippen LogP contribution in [0.3, 0.4) is 0 Å². The van der Waals surface area contributed by atoms with Gasteiger partial charge in [0, 0.05) is 18.2 Å². The summed E-state index contributed by atoms with van der Waals surface area (Å²) in [7, 11) is 0. The Hall–Kier alpha value is -2.83. The minimum absolute atomic E-state index is 0.0395. The van der Waals surface area contributed by atoms with E-state index in [1.165, 1.54) is 4.90 Å². The number of nitrogens with one attached hydrogen (secondary N) is 1. The van der Waals surface area contributed by atoms with E-state index in [9.17, 15) is 9.59 Å². The molecule has 1 aromatic carbocycles. The largest absolute Gasteiger partial charge is 0.489 e. The normalized spacial score (nSPS) is 10.7. The fourth-order valence-electron chi connectivity index (χ4n) is 2.61. The summed E-state index contributed by atoms with van der Waals surface area (Å²) in [4.78, 5) is 26.1. The molecule has 0 bridgehead atoms. The molecule has 0 atom stereocenters. The van der Waals surface area contributed by atoms with E-state index >= 15 is 0 Å². The lowest BCUT2D eigenvalue weighted by atomic mass is 10.2. The molecular formula is C20H27N3O4. The van der Waals surface area contributed by atoms with Gasteiger partial charge in [-0.25, -0.2) is 0 Å². The number of nitrogens with zero attached hydrogens (tertiary/aromatic N) is 2. The number of aromatic nitrogens is 1. The Morgan fingerprint density at radius 2 is 1.89 bits per heavy atom. The fourth-order valence-corrected chi connectivity index (χ4v) is 2.61. The molecule has 0 unspecified atom stereocenters. The summed E-state index contributed by atoms with van der Waals surface area (Å²) in [5.41, 5.74) is 2.24. The van der Waals surface area contributed by atoms with Gasteiger partial charge in [-0.2, -0.15) is 0 Å². The number of benzene rings is 1. The van der Waals surface area contributed by atoms with Gasteiger partial charge in [0.1, 0.15) is 18.1 Å². The molecule has 0 aliphatic carbocycles. The summed E-state index contributed by atoms with van der Waals surface area (Å²) in [6.45, 7) is 10.2. The molecule has 7 heteroatoms. The number of rotatable bonds is 8. The third-order valence-corrected chi connectivity index (χ3v) is 4.12. The zero-order chi connectivity index (χ0) is 20.0. The summed E-state index contributed by atoms with van der Waals surface area (Å²) in [5, 5.41) is 6.69. The van der Waals surface area contributed by atoms with E-state index in [-0.39, 0.29) is 24.4 Å². The van der Waals surface area contributed by atoms with Crippen LogP contribution in [0.2, 0.25) is 0 Å². The summed E-state index contributed by atoms with van der Waals surface area (Å²) >= 11 is 0. The Labute approximate surface area is 159 Å². The van der Waals surface area contributed by atoms with Crippen molar-refractivity contribution < 1.29 is 18.8 Å². The second-order valence-electron chi connectivity index (χ2n) is 6.66. The summed E-state index contributed by atoms with van der Waals surface area (Å²) < 4.78 is 10.9. The van der Waals surface area contributed by atoms with Gasteiger partial charge >= 0.3 is 0 Å². The average molecular weight is 373 g/mol. The second kappa shape index (κ2) is 9.21. The van der Waals surface area contributed by atoms with E-state index in [0.29, 0.717) is 24.5 Å². The zero-order valence-corrected chi connectivity index (χ0v) is 16.5. The molecule has 0 saturated heterocycles. The van der Waals surface area contributed by atoms with Crippen molar-refractivity contribution in [3.05, 3.63) is 46.8 Å². The number of carbonyl (C=O) groups is 2. The molecular weight excluding hydrogens is 346 g/mol. The molecule has 0 spiro atoms. The first-order valence-electron chi connectivity index (χ1n) is 9.05. The maximum atomic E-state index is 12.6. The molecule has 0 aliphatic heterocycles. The first-order chi connectivity index (χ1) is 12.8. The van der Waals surface area contributed by atoms with E-state index in [2.05, 4.69) is 10.5 Å². The summed E-state index contributed by atoms with van der Waals surface area (Å²) in [5.74, 6) is 1.03. The highest BCUT2D eigenvalue weighted by atomic mass is 16.5. The van der Waals surface area contributed by atoms with Gasteiger partial charge in [0.05, 0.1) is 17.8 Å². The molecule has 0 saturated carbocycles. The molecule has 2 rings (SSSR count). The third kappa shape index (κ3) is 5.57. The van der Waals surface area contributed by atoms with E-state index in [1.54, 1.807) is 24.3 Å². The highest BCUT2D eigenvalue weighted by molar-refractivity contribution is 5.96. The van der Waals surface area contributed by atoms with Crippen molar-refractivity contribution in [2.24, 2.45) is 0 Å². The van der Waals surface area contributed by atoms with Gasteiger partial charge in [0.25, 0.3) is 5.91 Å². The highest BCUT2D eigenvalue weighted by Gasteiger charge is 2.18. The smallest absolute Gasteiger partial charge is 0.254 e. The van der Waals surface area contributed by atoms with E-state index in [1.807, 2.05) is 34.6 Å². The Morgan fingerprint density at radius 1 is 1.22 bits per heavy atom. The van der Waals surface area contributed by atoms with Crippen molar-refractivity contribution in [3.63, 3.8) is 0 Å². The third-order valence-electron chi connectivity index (χ3n) is 4.12. The predicted molar refractivity (Wildman–Crippen MR) is 102 cm³/mol. The lowest BCUT2D eigenvalue weighted by molar-refractivity contribution is -0.122. The number of carbonyl (C=O) groups excluding carboxylic acids is 2. The van der Waals surface area contributed by atoms with Crippen LogP contribution in [-0.4, -0.2) is 41.0 Å². The lowest BCUT2D eigenvalue weighted by Crippen LogP contribution is -2.42. The van der Waals surface area contributed by atoms with Gasteiger partial charge in [0.2, 0.25) is 5.91 Å². The van der Waals surface area contributed by atoms with Crippen LogP contribution >= 0.6 is 0 Å².